The molecule has 1 aromatic carbocycles. The third-order valence-corrected chi connectivity index (χ3v) is 5.12. The maximum Gasteiger partial charge on any atom is 0.0476 e. The summed E-state index contributed by atoms with van der Waals surface area (Å²) < 4.78 is 0. The van der Waals surface area contributed by atoms with Crippen molar-refractivity contribution in [3.05, 3.63) is 35.9 Å². The maximum atomic E-state index is 3.76. The van der Waals surface area contributed by atoms with E-state index >= 15 is 0 Å². The number of nitrogens with one attached hydrogen (secondary N) is 1. The van der Waals surface area contributed by atoms with Crippen LogP contribution in [0.5, 0.6) is 0 Å². The molecule has 0 bridgehead atoms. The van der Waals surface area contributed by atoms with Crippen LogP contribution in [0.25, 0.3) is 0 Å². The van der Waals surface area contributed by atoms with E-state index in [0.29, 0.717) is 29.5 Å². The molecule has 0 spiro atoms. The molecule has 1 N–H and O–H groups in total. The summed E-state index contributed by atoms with van der Waals surface area (Å²) in [6.45, 7) is 16.3. The minimum atomic E-state index is 0.298. The van der Waals surface area contributed by atoms with Crippen molar-refractivity contribution in [3.8, 4) is 0 Å². The Hall–Kier alpha value is -0.860. The summed E-state index contributed by atoms with van der Waals surface area (Å²) >= 11 is 0. The molecule has 3 atom stereocenters. The van der Waals surface area contributed by atoms with Crippen LogP contribution in [0.1, 0.15) is 53.1 Å². The number of hydrogen-bond acceptors (Lipinski definition) is 2. The summed E-state index contributed by atoms with van der Waals surface area (Å²) in [7, 11) is 0. The van der Waals surface area contributed by atoms with Crippen molar-refractivity contribution in [2.24, 2.45) is 11.3 Å². The van der Waals surface area contributed by atoms with Crippen molar-refractivity contribution < 1.29 is 0 Å². The molecule has 21 heavy (non-hydrogen) atoms. The minimum Gasteiger partial charge on any atom is -0.311 e. The monoisotopic (exact) mass is 288 g/mol. The van der Waals surface area contributed by atoms with E-state index in [0.717, 1.165) is 13.1 Å². The largest absolute Gasteiger partial charge is 0.311 e. The van der Waals surface area contributed by atoms with Gasteiger partial charge in [-0.15, -0.1) is 0 Å². The van der Waals surface area contributed by atoms with E-state index in [1.807, 2.05) is 0 Å². The molecule has 2 nitrogen and oxygen atoms in total. The van der Waals surface area contributed by atoms with Gasteiger partial charge in [-0.3, -0.25) is 4.90 Å². The molecule has 0 aromatic heterocycles. The second kappa shape index (κ2) is 6.50. The highest BCUT2D eigenvalue weighted by Gasteiger charge is 2.37. The zero-order valence-corrected chi connectivity index (χ0v) is 14.6. The van der Waals surface area contributed by atoms with Gasteiger partial charge in [-0.1, -0.05) is 65.0 Å². The Balaban J connectivity index is 2.26. The van der Waals surface area contributed by atoms with Crippen LogP contribution in [-0.4, -0.2) is 30.1 Å². The fourth-order valence-electron chi connectivity index (χ4n) is 3.16. The fourth-order valence-corrected chi connectivity index (χ4v) is 3.16. The van der Waals surface area contributed by atoms with Crippen molar-refractivity contribution in [1.82, 2.24) is 10.2 Å². The van der Waals surface area contributed by atoms with E-state index in [1.165, 1.54) is 5.56 Å². The molecule has 1 heterocycles. The number of hydrogen-bond donors (Lipinski definition) is 1. The first kappa shape index (κ1) is 16.5. The van der Waals surface area contributed by atoms with Crippen molar-refractivity contribution in [2.75, 3.05) is 13.1 Å². The summed E-state index contributed by atoms with van der Waals surface area (Å²) in [5.74, 6) is 0.677. The lowest BCUT2D eigenvalue weighted by Crippen LogP contribution is -2.58. The normalized spacial score (nSPS) is 26.0. The second-order valence-electron chi connectivity index (χ2n) is 7.92. The molecule has 1 saturated heterocycles. The Morgan fingerprint density at radius 1 is 1.10 bits per heavy atom. The molecule has 3 unspecified atom stereocenters. The second-order valence-corrected chi connectivity index (χ2v) is 7.92. The molecule has 1 aliphatic rings. The van der Waals surface area contributed by atoms with E-state index in [1.54, 1.807) is 0 Å². The van der Waals surface area contributed by atoms with Gasteiger partial charge in [0.2, 0.25) is 0 Å². The number of benzene rings is 1. The van der Waals surface area contributed by atoms with Gasteiger partial charge < -0.3 is 5.32 Å². The predicted molar refractivity (Wildman–Crippen MR) is 91.4 cm³/mol. The van der Waals surface area contributed by atoms with Gasteiger partial charge in [0.1, 0.15) is 0 Å². The van der Waals surface area contributed by atoms with Gasteiger partial charge in [0, 0.05) is 31.2 Å². The average Bonchev–Trinajstić information content (AvgIpc) is 2.45. The van der Waals surface area contributed by atoms with E-state index in [9.17, 15) is 0 Å². The molecule has 1 aliphatic heterocycles. The van der Waals surface area contributed by atoms with Gasteiger partial charge in [-0.2, -0.15) is 0 Å². The standard InChI is InChI=1S/C19H32N2/c1-14(2)17-13-21(15(3)19(4,5)6)18(12-20-17)16-10-8-7-9-11-16/h7-11,14-15,17-18,20H,12-13H2,1-6H3. The molecule has 0 radical (unpaired) electrons. The molecule has 1 aromatic rings. The summed E-state index contributed by atoms with van der Waals surface area (Å²) in [5.41, 5.74) is 1.73. The Morgan fingerprint density at radius 2 is 1.71 bits per heavy atom. The van der Waals surface area contributed by atoms with Crippen molar-refractivity contribution in [1.29, 1.82) is 0 Å². The number of piperazine rings is 1. The quantitative estimate of drug-likeness (QED) is 0.901. The third kappa shape index (κ3) is 3.87. The van der Waals surface area contributed by atoms with Crippen LogP contribution in [0.15, 0.2) is 30.3 Å². The van der Waals surface area contributed by atoms with Crippen molar-refractivity contribution in [3.63, 3.8) is 0 Å². The first-order valence-electron chi connectivity index (χ1n) is 8.34. The molecule has 0 saturated carbocycles. The summed E-state index contributed by atoms with van der Waals surface area (Å²) in [4.78, 5) is 2.72. The van der Waals surface area contributed by atoms with Crippen LogP contribution in [0.4, 0.5) is 0 Å². The highest BCUT2D eigenvalue weighted by atomic mass is 15.3. The Morgan fingerprint density at radius 3 is 2.24 bits per heavy atom. The highest BCUT2D eigenvalue weighted by molar-refractivity contribution is 5.21. The lowest BCUT2D eigenvalue weighted by atomic mass is 9.83. The van der Waals surface area contributed by atoms with Crippen LogP contribution in [0.2, 0.25) is 0 Å². The molecule has 2 heteroatoms. The van der Waals surface area contributed by atoms with E-state index < -0.39 is 0 Å². The zero-order valence-electron chi connectivity index (χ0n) is 14.6. The SMILES string of the molecule is CC(C)C1CN(C(C)C(C)(C)C)C(c2ccccc2)CN1. The number of nitrogens with zero attached hydrogens (tertiary/aromatic N) is 1. The molecule has 0 amide bonds. The van der Waals surface area contributed by atoms with Gasteiger partial charge in [-0.25, -0.2) is 0 Å². The molecule has 1 fully saturated rings. The predicted octanol–water partition coefficient (Wildman–Crippen LogP) is 4.09. The first-order valence-corrected chi connectivity index (χ1v) is 8.34. The number of rotatable bonds is 3. The molecule has 0 aliphatic carbocycles. The molecule has 2 rings (SSSR count). The van der Waals surface area contributed by atoms with E-state index in [2.05, 4.69) is 82.1 Å². The molecular weight excluding hydrogens is 256 g/mol. The van der Waals surface area contributed by atoms with Gasteiger partial charge >= 0.3 is 0 Å². The van der Waals surface area contributed by atoms with Gasteiger partial charge in [0.15, 0.2) is 0 Å². The zero-order chi connectivity index (χ0) is 15.6. The molecular formula is C19H32N2. The van der Waals surface area contributed by atoms with Crippen molar-refractivity contribution >= 4 is 0 Å². The minimum absolute atomic E-state index is 0.298. The topological polar surface area (TPSA) is 15.3 Å². The summed E-state index contributed by atoms with van der Waals surface area (Å²) in [5, 5.41) is 3.76. The Labute approximate surface area is 130 Å². The van der Waals surface area contributed by atoms with Gasteiger partial charge in [0.25, 0.3) is 0 Å². The van der Waals surface area contributed by atoms with E-state index in [4.69, 9.17) is 0 Å². The Bertz CT molecular complexity index is 433. The third-order valence-electron chi connectivity index (χ3n) is 5.12. The first-order chi connectivity index (χ1) is 9.80. The lowest BCUT2D eigenvalue weighted by molar-refractivity contribution is 0.0267. The van der Waals surface area contributed by atoms with Crippen molar-refractivity contribution in [2.45, 2.75) is 59.7 Å². The van der Waals surface area contributed by atoms with Crippen LogP contribution in [0.3, 0.4) is 0 Å². The fraction of sp³-hybridized carbons (Fsp3) is 0.684. The van der Waals surface area contributed by atoms with Crippen LogP contribution >= 0.6 is 0 Å². The maximum absolute atomic E-state index is 3.76. The summed E-state index contributed by atoms with van der Waals surface area (Å²) in [6.07, 6.45) is 0. The average molecular weight is 288 g/mol. The lowest BCUT2D eigenvalue weighted by Gasteiger charge is -2.48. The van der Waals surface area contributed by atoms with Gasteiger partial charge in [-0.05, 0) is 23.8 Å². The summed E-state index contributed by atoms with van der Waals surface area (Å²) in [6, 6.07) is 12.6. The molecule has 118 valence electrons. The smallest absolute Gasteiger partial charge is 0.0476 e. The van der Waals surface area contributed by atoms with Crippen LogP contribution in [-0.2, 0) is 0 Å². The van der Waals surface area contributed by atoms with Gasteiger partial charge in [0.05, 0.1) is 0 Å². The Kier molecular flexibility index (Phi) is 5.11. The highest BCUT2D eigenvalue weighted by Crippen LogP contribution is 2.33. The van der Waals surface area contributed by atoms with E-state index in [-0.39, 0.29) is 0 Å². The van der Waals surface area contributed by atoms with Crippen LogP contribution < -0.4 is 5.32 Å². The van der Waals surface area contributed by atoms with Crippen LogP contribution in [0, 0.1) is 11.3 Å².